The van der Waals surface area contributed by atoms with Crippen molar-refractivity contribution in [1.82, 2.24) is 9.97 Å². The van der Waals surface area contributed by atoms with E-state index >= 15 is 0 Å². The average Bonchev–Trinajstić information content (AvgIpc) is 2.79. The van der Waals surface area contributed by atoms with Gasteiger partial charge in [0, 0.05) is 10.7 Å². The Morgan fingerprint density at radius 2 is 2.10 bits per heavy atom. The van der Waals surface area contributed by atoms with Crippen molar-refractivity contribution in [2.45, 2.75) is 13.1 Å². The molecule has 0 fully saturated rings. The lowest BCUT2D eigenvalue weighted by Gasteiger charge is -2.14. The smallest absolute Gasteiger partial charge is 0.369 e. The highest BCUT2D eigenvalue weighted by molar-refractivity contribution is 6.31. The first-order valence-corrected chi connectivity index (χ1v) is 6.05. The molecule has 2 aromatic rings. The molecule has 1 aromatic carbocycles. The molecule has 0 atom stereocenters. The number of amides is 1. The molecule has 0 unspecified atom stereocenters. The Labute approximate surface area is 122 Å². The third-order valence-corrected chi connectivity index (χ3v) is 3.14. The van der Waals surface area contributed by atoms with Crippen molar-refractivity contribution in [3.63, 3.8) is 0 Å². The van der Waals surface area contributed by atoms with Crippen LogP contribution in [-0.2, 0) is 6.18 Å². The second kappa shape index (κ2) is 5.28. The van der Waals surface area contributed by atoms with Crippen LogP contribution in [0, 0.1) is 6.92 Å². The molecule has 9 heteroatoms. The monoisotopic (exact) mass is 318 g/mol. The summed E-state index contributed by atoms with van der Waals surface area (Å²) >= 11 is 5.77. The Morgan fingerprint density at radius 3 is 2.62 bits per heavy atom. The average molecular weight is 319 g/mol. The van der Waals surface area contributed by atoms with Gasteiger partial charge in [0.25, 0.3) is 5.91 Å². The highest BCUT2D eigenvalue weighted by atomic mass is 35.5. The lowest BCUT2D eigenvalue weighted by atomic mass is 10.1. The molecule has 21 heavy (non-hydrogen) atoms. The molecule has 0 spiro atoms. The van der Waals surface area contributed by atoms with Crippen LogP contribution < -0.4 is 11.1 Å². The normalized spacial score (nSPS) is 11.5. The minimum atomic E-state index is -4.56. The summed E-state index contributed by atoms with van der Waals surface area (Å²) in [5.41, 5.74) is 4.26. The fourth-order valence-electron chi connectivity index (χ4n) is 1.70. The van der Waals surface area contributed by atoms with Gasteiger partial charge < -0.3 is 16.0 Å². The van der Waals surface area contributed by atoms with Crippen LogP contribution in [-0.4, -0.2) is 15.9 Å². The van der Waals surface area contributed by atoms with Crippen molar-refractivity contribution >= 4 is 29.1 Å². The van der Waals surface area contributed by atoms with Gasteiger partial charge >= 0.3 is 6.18 Å². The van der Waals surface area contributed by atoms with Gasteiger partial charge in [-0.1, -0.05) is 11.6 Å². The van der Waals surface area contributed by atoms with E-state index in [0.29, 0.717) is 0 Å². The zero-order chi connectivity index (χ0) is 15.8. The summed E-state index contributed by atoms with van der Waals surface area (Å²) in [6.45, 7) is 1.26. The van der Waals surface area contributed by atoms with Crippen LogP contribution >= 0.6 is 11.6 Å². The molecular weight excluding hydrogens is 309 g/mol. The van der Waals surface area contributed by atoms with E-state index in [9.17, 15) is 18.0 Å². The SMILES string of the molecule is Cc1c(Cl)cc(NC(=O)c2cnc(N)[nH]2)cc1C(F)(F)F. The third-order valence-electron chi connectivity index (χ3n) is 2.75. The van der Waals surface area contributed by atoms with Gasteiger partial charge in [0.05, 0.1) is 11.8 Å². The van der Waals surface area contributed by atoms with Crippen molar-refractivity contribution in [3.8, 4) is 0 Å². The molecule has 0 saturated heterocycles. The fraction of sp³-hybridized carbons (Fsp3) is 0.167. The number of halogens is 4. The fourth-order valence-corrected chi connectivity index (χ4v) is 1.92. The molecule has 0 radical (unpaired) electrons. The molecule has 0 aliphatic heterocycles. The van der Waals surface area contributed by atoms with Gasteiger partial charge in [-0.3, -0.25) is 4.79 Å². The van der Waals surface area contributed by atoms with Gasteiger partial charge in [0.2, 0.25) is 0 Å². The number of imidazole rings is 1. The third kappa shape index (κ3) is 3.27. The number of anilines is 2. The second-order valence-electron chi connectivity index (χ2n) is 4.26. The number of nitrogens with two attached hydrogens (primary N) is 1. The molecule has 0 bridgehead atoms. The topological polar surface area (TPSA) is 83.8 Å². The van der Waals surface area contributed by atoms with Gasteiger partial charge in [-0.25, -0.2) is 4.98 Å². The van der Waals surface area contributed by atoms with E-state index in [1.165, 1.54) is 19.2 Å². The van der Waals surface area contributed by atoms with Crippen LogP contribution in [0.25, 0.3) is 0 Å². The number of hydrogen-bond acceptors (Lipinski definition) is 3. The maximum atomic E-state index is 12.9. The molecule has 1 amide bonds. The zero-order valence-corrected chi connectivity index (χ0v) is 11.4. The van der Waals surface area contributed by atoms with Crippen LogP contribution in [0.1, 0.15) is 21.6 Å². The highest BCUT2D eigenvalue weighted by Gasteiger charge is 2.33. The number of alkyl halides is 3. The number of nitrogens with one attached hydrogen (secondary N) is 2. The van der Waals surface area contributed by atoms with E-state index in [0.717, 1.165) is 6.07 Å². The molecule has 5 nitrogen and oxygen atoms in total. The standard InChI is InChI=1S/C12H10ClF3N4O/c1-5-7(12(14,15)16)2-6(3-8(5)13)19-10(21)9-4-18-11(17)20-9/h2-4H,1H3,(H,19,21)(H3,17,18,20). The summed E-state index contributed by atoms with van der Waals surface area (Å²) in [5, 5.41) is 2.21. The molecule has 4 N–H and O–H groups in total. The van der Waals surface area contributed by atoms with Gasteiger partial charge in [-0.15, -0.1) is 0 Å². The van der Waals surface area contributed by atoms with E-state index in [-0.39, 0.29) is 27.9 Å². The van der Waals surface area contributed by atoms with Crippen molar-refractivity contribution < 1.29 is 18.0 Å². The number of nitrogen functional groups attached to an aromatic ring is 1. The predicted octanol–water partition coefficient (Wildman–Crippen LogP) is 3.22. The van der Waals surface area contributed by atoms with Crippen LogP contribution in [0.2, 0.25) is 5.02 Å². The summed E-state index contributed by atoms with van der Waals surface area (Å²) in [4.78, 5) is 17.9. The zero-order valence-electron chi connectivity index (χ0n) is 10.7. The number of aromatic nitrogens is 2. The van der Waals surface area contributed by atoms with Crippen LogP contribution in [0.15, 0.2) is 18.3 Å². The van der Waals surface area contributed by atoms with E-state index in [1.54, 1.807) is 0 Å². The minimum Gasteiger partial charge on any atom is -0.369 e. The number of H-pyrrole nitrogens is 1. The lowest BCUT2D eigenvalue weighted by Crippen LogP contribution is -2.14. The number of benzene rings is 1. The van der Waals surface area contributed by atoms with E-state index < -0.39 is 17.6 Å². The molecule has 1 heterocycles. The first-order valence-electron chi connectivity index (χ1n) is 5.67. The molecule has 112 valence electrons. The van der Waals surface area contributed by atoms with Crippen LogP contribution in [0.5, 0.6) is 0 Å². The van der Waals surface area contributed by atoms with E-state index in [4.69, 9.17) is 17.3 Å². The van der Waals surface area contributed by atoms with Crippen LogP contribution in [0.3, 0.4) is 0 Å². The maximum absolute atomic E-state index is 12.9. The molecule has 0 aliphatic carbocycles. The number of rotatable bonds is 2. The van der Waals surface area contributed by atoms with Gasteiger partial charge in [-0.05, 0) is 24.6 Å². The molecule has 0 aliphatic rings. The number of aromatic amines is 1. The summed E-state index contributed by atoms with van der Waals surface area (Å²) in [6, 6.07) is 2.06. The van der Waals surface area contributed by atoms with E-state index in [2.05, 4.69) is 15.3 Å². The van der Waals surface area contributed by atoms with Crippen molar-refractivity contribution in [2.75, 3.05) is 11.1 Å². The number of carbonyl (C=O) groups is 1. The van der Waals surface area contributed by atoms with Gasteiger partial charge in [0.15, 0.2) is 5.95 Å². The Balaban J connectivity index is 2.33. The summed E-state index contributed by atoms with van der Waals surface area (Å²) < 4.78 is 38.6. The summed E-state index contributed by atoms with van der Waals surface area (Å²) in [7, 11) is 0. The van der Waals surface area contributed by atoms with Gasteiger partial charge in [0.1, 0.15) is 5.69 Å². The molecule has 1 aromatic heterocycles. The summed E-state index contributed by atoms with van der Waals surface area (Å²) in [6.07, 6.45) is -3.39. The van der Waals surface area contributed by atoms with E-state index in [1.807, 2.05) is 0 Å². The number of nitrogens with zero attached hydrogens (tertiary/aromatic N) is 1. The highest BCUT2D eigenvalue weighted by Crippen LogP contribution is 2.36. The van der Waals surface area contributed by atoms with Crippen molar-refractivity contribution in [2.24, 2.45) is 0 Å². The quantitative estimate of drug-likeness (QED) is 0.795. The molecule has 2 rings (SSSR count). The van der Waals surface area contributed by atoms with Crippen molar-refractivity contribution in [1.29, 1.82) is 0 Å². The number of carbonyl (C=O) groups excluding carboxylic acids is 1. The largest absolute Gasteiger partial charge is 0.416 e. The Kier molecular flexibility index (Phi) is 3.82. The van der Waals surface area contributed by atoms with Crippen LogP contribution in [0.4, 0.5) is 24.8 Å². The first-order chi connectivity index (χ1) is 9.68. The lowest BCUT2D eigenvalue weighted by molar-refractivity contribution is -0.138. The maximum Gasteiger partial charge on any atom is 0.416 e. The Bertz CT molecular complexity index is 696. The second-order valence-corrected chi connectivity index (χ2v) is 4.67. The predicted molar refractivity (Wildman–Crippen MR) is 72.1 cm³/mol. The molecular formula is C12H10ClF3N4O. The Hall–Kier alpha value is -2.22. The Morgan fingerprint density at radius 1 is 1.43 bits per heavy atom. The first kappa shape index (κ1) is 15.2. The number of hydrogen-bond donors (Lipinski definition) is 3. The van der Waals surface area contributed by atoms with Gasteiger partial charge in [-0.2, -0.15) is 13.2 Å². The van der Waals surface area contributed by atoms with Crippen molar-refractivity contribution in [3.05, 3.63) is 40.2 Å². The minimum absolute atomic E-state index is 0.0257. The summed E-state index contributed by atoms with van der Waals surface area (Å²) in [5.74, 6) is -0.648. The molecule has 0 saturated carbocycles.